The Labute approximate surface area is 201 Å². The topological polar surface area (TPSA) is 91.7 Å². The van der Waals surface area contributed by atoms with Gasteiger partial charge in [-0.15, -0.1) is 0 Å². The monoisotopic (exact) mass is 478 g/mol. The van der Waals surface area contributed by atoms with Gasteiger partial charge < -0.3 is 4.90 Å². The van der Waals surface area contributed by atoms with Crippen molar-refractivity contribution >= 4 is 38.7 Å². The van der Waals surface area contributed by atoms with Gasteiger partial charge in [0.25, 0.3) is 0 Å². The molecule has 7 nitrogen and oxygen atoms in total. The van der Waals surface area contributed by atoms with Gasteiger partial charge in [0.1, 0.15) is 6.04 Å². The molecule has 1 unspecified atom stereocenters. The molecule has 8 heteroatoms. The Morgan fingerprint density at radius 2 is 1.85 bits per heavy atom. The summed E-state index contributed by atoms with van der Waals surface area (Å²) >= 11 is 0. The number of pyridine rings is 1. The van der Waals surface area contributed by atoms with E-state index in [0.29, 0.717) is 37.7 Å². The maximum atomic E-state index is 13.3. The number of amides is 1. The van der Waals surface area contributed by atoms with Gasteiger partial charge in [-0.25, -0.2) is 18.4 Å². The van der Waals surface area contributed by atoms with E-state index in [4.69, 9.17) is 0 Å². The number of rotatable bonds is 8. The summed E-state index contributed by atoms with van der Waals surface area (Å²) < 4.78 is 29.2. The molecule has 1 amide bonds. The second-order valence-electron chi connectivity index (χ2n) is 8.77. The standard InChI is InChI=1S/C26H30N4O3S/c1-20-13-17-30(18-14-20)26(31)24(9-6-16-28-25-10-4-5-15-27-25)29-34(32,33)23-12-11-21-7-2-3-8-22(21)19-23/h2-5,7-8,10-12,15-16,19-20,24,29H,6,9,13-14,17-18H2,1H3. The molecule has 1 saturated heterocycles. The molecule has 1 fully saturated rings. The third-order valence-corrected chi connectivity index (χ3v) is 7.65. The lowest BCUT2D eigenvalue weighted by atomic mass is 9.98. The number of aliphatic imine (C=N–C) groups is 1. The van der Waals surface area contributed by atoms with Gasteiger partial charge in [0.2, 0.25) is 15.9 Å². The number of carbonyl (C=O) groups excluding carboxylic acids is 1. The van der Waals surface area contributed by atoms with Crippen molar-refractivity contribution in [3.63, 3.8) is 0 Å². The Morgan fingerprint density at radius 1 is 1.12 bits per heavy atom. The maximum absolute atomic E-state index is 13.3. The van der Waals surface area contributed by atoms with Gasteiger partial charge in [0.15, 0.2) is 5.82 Å². The van der Waals surface area contributed by atoms with E-state index in [1.807, 2.05) is 36.4 Å². The molecule has 0 saturated carbocycles. The molecular formula is C26H30N4O3S. The SMILES string of the molecule is CC1CCN(C(=O)C(CCC=Nc2ccccn2)NS(=O)(=O)c2ccc3ccccc3c2)CC1. The number of aromatic nitrogens is 1. The third kappa shape index (κ3) is 6.07. The van der Waals surface area contributed by atoms with Crippen LogP contribution in [0.5, 0.6) is 0 Å². The van der Waals surface area contributed by atoms with Crippen LogP contribution in [0, 0.1) is 5.92 Å². The van der Waals surface area contributed by atoms with E-state index in [-0.39, 0.29) is 10.8 Å². The van der Waals surface area contributed by atoms with Gasteiger partial charge in [-0.1, -0.05) is 43.3 Å². The fraction of sp³-hybridized carbons (Fsp3) is 0.346. The minimum atomic E-state index is -3.89. The van der Waals surface area contributed by atoms with Crippen molar-refractivity contribution in [3.8, 4) is 0 Å². The van der Waals surface area contributed by atoms with Crippen LogP contribution in [-0.2, 0) is 14.8 Å². The molecule has 0 spiro atoms. The molecule has 0 aliphatic carbocycles. The van der Waals surface area contributed by atoms with Crippen LogP contribution in [0.2, 0.25) is 0 Å². The number of hydrogen-bond donors (Lipinski definition) is 1. The van der Waals surface area contributed by atoms with Crippen LogP contribution >= 0.6 is 0 Å². The maximum Gasteiger partial charge on any atom is 0.241 e. The molecule has 1 aromatic heterocycles. The first-order valence-corrected chi connectivity index (χ1v) is 13.1. The Morgan fingerprint density at radius 3 is 2.59 bits per heavy atom. The Bertz CT molecular complexity index is 1250. The Hall–Kier alpha value is -3.10. The average Bonchev–Trinajstić information content (AvgIpc) is 2.86. The lowest BCUT2D eigenvalue weighted by molar-refractivity contribution is -0.134. The van der Waals surface area contributed by atoms with E-state index >= 15 is 0 Å². The van der Waals surface area contributed by atoms with Crippen LogP contribution < -0.4 is 4.72 Å². The highest BCUT2D eigenvalue weighted by Gasteiger charge is 2.30. The molecule has 1 aliphatic rings. The molecule has 1 N–H and O–H groups in total. The second kappa shape index (κ2) is 10.9. The highest BCUT2D eigenvalue weighted by Crippen LogP contribution is 2.21. The zero-order valence-electron chi connectivity index (χ0n) is 19.3. The molecule has 0 bridgehead atoms. The molecule has 1 atom stereocenters. The molecule has 0 radical (unpaired) electrons. The molecule has 178 valence electrons. The van der Waals surface area contributed by atoms with Gasteiger partial charge in [0, 0.05) is 25.5 Å². The van der Waals surface area contributed by atoms with Gasteiger partial charge in [-0.05, 0) is 66.6 Å². The first-order chi connectivity index (χ1) is 16.4. The lowest BCUT2D eigenvalue weighted by Crippen LogP contribution is -2.50. The van der Waals surface area contributed by atoms with Crippen LogP contribution in [0.3, 0.4) is 0 Å². The van der Waals surface area contributed by atoms with Crippen LogP contribution in [0.25, 0.3) is 10.8 Å². The lowest BCUT2D eigenvalue weighted by Gasteiger charge is -2.33. The predicted octanol–water partition coefficient (Wildman–Crippen LogP) is 4.32. The summed E-state index contributed by atoms with van der Waals surface area (Å²) in [5.74, 6) is 0.969. The van der Waals surface area contributed by atoms with Crippen LogP contribution in [0.1, 0.15) is 32.6 Å². The van der Waals surface area contributed by atoms with Crippen molar-refractivity contribution in [2.45, 2.75) is 43.5 Å². The van der Waals surface area contributed by atoms with E-state index in [1.54, 1.807) is 41.6 Å². The van der Waals surface area contributed by atoms with Crippen molar-refractivity contribution in [3.05, 3.63) is 66.9 Å². The summed E-state index contributed by atoms with van der Waals surface area (Å²) in [6.45, 7) is 3.47. The minimum Gasteiger partial charge on any atom is -0.341 e. The van der Waals surface area contributed by atoms with Crippen LogP contribution in [-0.4, -0.2) is 49.6 Å². The van der Waals surface area contributed by atoms with Crippen molar-refractivity contribution in [2.75, 3.05) is 13.1 Å². The van der Waals surface area contributed by atoms with Crippen LogP contribution in [0.4, 0.5) is 5.82 Å². The number of piperidine rings is 1. The number of hydrogen-bond acceptors (Lipinski definition) is 5. The van der Waals surface area contributed by atoms with Gasteiger partial charge in [0.05, 0.1) is 4.90 Å². The molecule has 34 heavy (non-hydrogen) atoms. The summed E-state index contributed by atoms with van der Waals surface area (Å²) in [5.41, 5.74) is 0. The molecule has 2 aromatic carbocycles. The normalized spacial score (nSPS) is 16.2. The molecule has 4 rings (SSSR count). The van der Waals surface area contributed by atoms with E-state index in [2.05, 4.69) is 21.6 Å². The zero-order valence-corrected chi connectivity index (χ0v) is 20.1. The summed E-state index contributed by atoms with van der Waals surface area (Å²) in [7, 11) is -3.89. The average molecular weight is 479 g/mol. The van der Waals surface area contributed by atoms with Crippen molar-refractivity contribution in [1.29, 1.82) is 0 Å². The molecular weight excluding hydrogens is 448 g/mol. The highest BCUT2D eigenvalue weighted by molar-refractivity contribution is 7.89. The van der Waals surface area contributed by atoms with E-state index < -0.39 is 16.1 Å². The minimum absolute atomic E-state index is 0.151. The first kappa shape index (κ1) is 24.0. The van der Waals surface area contributed by atoms with Crippen molar-refractivity contribution in [2.24, 2.45) is 10.9 Å². The van der Waals surface area contributed by atoms with Crippen molar-refractivity contribution < 1.29 is 13.2 Å². The summed E-state index contributed by atoms with van der Waals surface area (Å²) in [5, 5.41) is 1.79. The third-order valence-electron chi connectivity index (χ3n) is 6.18. The van der Waals surface area contributed by atoms with Gasteiger partial charge in [-0.2, -0.15) is 4.72 Å². The molecule has 3 aromatic rings. The first-order valence-electron chi connectivity index (χ1n) is 11.7. The Kier molecular flexibility index (Phi) is 7.70. The van der Waals surface area contributed by atoms with E-state index in [0.717, 1.165) is 23.6 Å². The fourth-order valence-corrected chi connectivity index (χ4v) is 5.36. The number of carbonyl (C=O) groups is 1. The number of likely N-dealkylation sites (tertiary alicyclic amines) is 1. The number of nitrogens with zero attached hydrogens (tertiary/aromatic N) is 3. The van der Waals surface area contributed by atoms with Gasteiger partial charge >= 0.3 is 0 Å². The predicted molar refractivity (Wildman–Crippen MR) is 135 cm³/mol. The van der Waals surface area contributed by atoms with Gasteiger partial charge in [-0.3, -0.25) is 4.79 Å². The number of nitrogens with one attached hydrogen (secondary N) is 1. The zero-order chi connectivity index (χ0) is 24.0. The highest BCUT2D eigenvalue weighted by atomic mass is 32.2. The number of sulfonamides is 1. The molecule has 2 heterocycles. The quantitative estimate of drug-likeness (QED) is 0.488. The van der Waals surface area contributed by atoms with E-state index in [1.165, 1.54) is 0 Å². The summed E-state index contributed by atoms with van der Waals surface area (Å²) in [6.07, 6.45) is 5.96. The number of fused-ring (bicyclic) bond motifs is 1. The smallest absolute Gasteiger partial charge is 0.241 e. The second-order valence-corrected chi connectivity index (χ2v) is 10.5. The summed E-state index contributed by atoms with van der Waals surface area (Å²) in [6, 6.07) is 17.2. The van der Waals surface area contributed by atoms with E-state index in [9.17, 15) is 13.2 Å². The fourth-order valence-electron chi connectivity index (χ4n) is 4.10. The molecule has 1 aliphatic heterocycles. The van der Waals surface area contributed by atoms with Crippen LogP contribution in [0.15, 0.2) is 76.7 Å². The van der Waals surface area contributed by atoms with Crippen molar-refractivity contribution in [1.82, 2.24) is 14.6 Å². The summed E-state index contributed by atoms with van der Waals surface area (Å²) in [4.78, 5) is 23.7. The largest absolute Gasteiger partial charge is 0.341 e. The Balaban J connectivity index is 1.51. The number of benzene rings is 2.